The average molecular weight is 315 g/mol. The van der Waals surface area contributed by atoms with E-state index in [2.05, 4.69) is 12.4 Å². The van der Waals surface area contributed by atoms with Crippen LogP contribution in [0, 0.1) is 0 Å². The summed E-state index contributed by atoms with van der Waals surface area (Å²) in [7, 11) is 0. The number of unbranched alkanes of at least 4 members (excludes halogenated alkanes) is 9. The third-order valence-electron chi connectivity index (χ3n) is 3.63. The Bertz CT molecular complexity index is 234. The number of hydrogen-bond acceptors (Lipinski definition) is 4. The van der Waals surface area contributed by atoms with E-state index in [9.17, 15) is 4.79 Å². The maximum atomic E-state index is 11.1. The van der Waals surface area contributed by atoms with Crippen LogP contribution in [0.25, 0.3) is 0 Å². The summed E-state index contributed by atoms with van der Waals surface area (Å²) in [5.41, 5.74) is 2.64. The van der Waals surface area contributed by atoms with Gasteiger partial charge >= 0.3 is 5.97 Å². The minimum absolute atomic E-state index is 0.197. The quantitative estimate of drug-likeness (QED) is 0.310. The summed E-state index contributed by atoms with van der Waals surface area (Å²) in [6.07, 6.45) is 14.7. The molecule has 0 radical (unpaired) electrons. The van der Waals surface area contributed by atoms with Gasteiger partial charge in [0.25, 0.3) is 0 Å². The van der Waals surface area contributed by atoms with E-state index >= 15 is 0 Å². The van der Waals surface area contributed by atoms with Crippen LogP contribution in [0.1, 0.15) is 90.9 Å². The van der Waals surface area contributed by atoms with Crippen molar-refractivity contribution in [2.75, 3.05) is 19.8 Å². The molecule has 0 fully saturated rings. The molecule has 0 aliphatic heterocycles. The maximum Gasteiger partial charge on any atom is 0.324 e. The topological polar surface area (TPSA) is 47.6 Å². The van der Waals surface area contributed by atoms with Crippen LogP contribution < -0.4 is 5.48 Å². The summed E-state index contributed by atoms with van der Waals surface area (Å²) < 4.78 is 5.49. The molecule has 0 saturated heterocycles. The van der Waals surface area contributed by atoms with E-state index in [4.69, 9.17) is 9.57 Å². The summed E-state index contributed by atoms with van der Waals surface area (Å²) in [6, 6.07) is 0. The molecule has 0 bridgehead atoms. The molecule has 1 N–H and O–H groups in total. The van der Waals surface area contributed by atoms with Gasteiger partial charge in [-0.15, -0.1) is 0 Å². The highest BCUT2D eigenvalue weighted by atomic mass is 16.7. The fourth-order valence-electron chi connectivity index (χ4n) is 2.29. The molecular formula is C18H37NO3. The fourth-order valence-corrected chi connectivity index (χ4v) is 2.29. The zero-order chi connectivity index (χ0) is 16.3. The minimum Gasteiger partial charge on any atom is -0.380 e. The van der Waals surface area contributed by atoms with Crippen LogP contribution in [0.5, 0.6) is 0 Å². The smallest absolute Gasteiger partial charge is 0.324 e. The zero-order valence-corrected chi connectivity index (χ0v) is 14.8. The first-order valence-corrected chi connectivity index (χ1v) is 9.31. The molecule has 0 rings (SSSR count). The molecule has 4 heteroatoms. The highest BCUT2D eigenvalue weighted by molar-refractivity contribution is 5.68. The van der Waals surface area contributed by atoms with E-state index in [0.717, 1.165) is 19.4 Å². The van der Waals surface area contributed by atoms with Gasteiger partial charge in [0.1, 0.15) is 0 Å². The molecule has 0 aromatic rings. The van der Waals surface area contributed by atoms with Gasteiger partial charge < -0.3 is 9.57 Å². The monoisotopic (exact) mass is 315 g/mol. The maximum absolute atomic E-state index is 11.1. The van der Waals surface area contributed by atoms with Gasteiger partial charge in [0.05, 0.1) is 13.2 Å². The number of rotatable bonds is 17. The van der Waals surface area contributed by atoms with E-state index in [0.29, 0.717) is 19.6 Å². The molecule has 0 unspecified atom stereocenters. The van der Waals surface area contributed by atoms with Crippen LogP contribution in [0.3, 0.4) is 0 Å². The minimum atomic E-state index is -0.197. The molecule has 4 nitrogen and oxygen atoms in total. The van der Waals surface area contributed by atoms with E-state index in [1.54, 1.807) is 0 Å². The highest BCUT2D eigenvalue weighted by Gasteiger charge is 1.99. The molecule has 0 amide bonds. The largest absolute Gasteiger partial charge is 0.380 e. The molecule has 0 spiro atoms. The second kappa shape index (κ2) is 18.4. The Kier molecular flexibility index (Phi) is 17.9. The Morgan fingerprint density at radius 2 is 1.36 bits per heavy atom. The van der Waals surface area contributed by atoms with Crippen molar-refractivity contribution in [2.24, 2.45) is 0 Å². The van der Waals surface area contributed by atoms with Gasteiger partial charge in [0.2, 0.25) is 0 Å². The highest BCUT2D eigenvalue weighted by Crippen LogP contribution is 2.10. The van der Waals surface area contributed by atoms with Gasteiger partial charge in [-0.05, 0) is 12.8 Å². The van der Waals surface area contributed by atoms with Crippen LogP contribution in [0.4, 0.5) is 0 Å². The average Bonchev–Trinajstić information content (AvgIpc) is 2.51. The first kappa shape index (κ1) is 21.4. The molecule has 0 heterocycles. The van der Waals surface area contributed by atoms with Crippen molar-refractivity contribution in [3.05, 3.63) is 0 Å². The van der Waals surface area contributed by atoms with Gasteiger partial charge in [0.15, 0.2) is 0 Å². The molecule has 0 aliphatic carbocycles. The standard InChI is InChI=1S/C18H37NO3/c1-3-5-6-7-8-9-10-11-12-13-16-21-17-15-19-22-18(20)14-4-2/h19H,3-17H2,1-2H3. The third kappa shape index (κ3) is 17.4. The molecule has 0 atom stereocenters. The number of ether oxygens (including phenoxy) is 1. The van der Waals surface area contributed by atoms with E-state index in [1.165, 1.54) is 57.8 Å². The molecular weight excluding hydrogens is 278 g/mol. The summed E-state index contributed by atoms with van der Waals surface area (Å²) in [6.45, 7) is 6.18. The van der Waals surface area contributed by atoms with Gasteiger partial charge in [-0.1, -0.05) is 71.6 Å². The number of carbonyl (C=O) groups excluding carboxylic acids is 1. The number of hydrogen-bond donors (Lipinski definition) is 1. The van der Waals surface area contributed by atoms with Crippen molar-refractivity contribution in [3.63, 3.8) is 0 Å². The number of carbonyl (C=O) groups is 1. The van der Waals surface area contributed by atoms with Crippen molar-refractivity contribution >= 4 is 5.97 Å². The lowest BCUT2D eigenvalue weighted by Crippen LogP contribution is -2.23. The normalized spacial score (nSPS) is 10.8. The summed E-state index contributed by atoms with van der Waals surface area (Å²) in [4.78, 5) is 15.9. The van der Waals surface area contributed by atoms with Crippen LogP contribution in [0.15, 0.2) is 0 Å². The summed E-state index contributed by atoms with van der Waals surface area (Å²) in [5.74, 6) is -0.197. The Labute approximate surface area is 137 Å². The number of nitrogens with one attached hydrogen (secondary N) is 1. The van der Waals surface area contributed by atoms with Crippen molar-refractivity contribution in [3.8, 4) is 0 Å². The van der Waals surface area contributed by atoms with Crippen LogP contribution >= 0.6 is 0 Å². The Balaban J connectivity index is 3.01. The first-order valence-electron chi connectivity index (χ1n) is 9.31. The van der Waals surface area contributed by atoms with E-state index in [1.807, 2.05) is 6.92 Å². The third-order valence-corrected chi connectivity index (χ3v) is 3.63. The molecule has 132 valence electrons. The molecule has 0 aromatic carbocycles. The lowest BCUT2D eigenvalue weighted by atomic mass is 10.1. The predicted molar refractivity (Wildman–Crippen MR) is 91.7 cm³/mol. The van der Waals surface area contributed by atoms with Crippen molar-refractivity contribution in [1.29, 1.82) is 0 Å². The first-order chi connectivity index (χ1) is 10.8. The van der Waals surface area contributed by atoms with Crippen molar-refractivity contribution in [1.82, 2.24) is 5.48 Å². The van der Waals surface area contributed by atoms with E-state index < -0.39 is 0 Å². The SMILES string of the molecule is CCCCCCCCCCCCOCCNOC(=O)CCC. The van der Waals surface area contributed by atoms with E-state index in [-0.39, 0.29) is 5.97 Å². The Morgan fingerprint density at radius 3 is 1.95 bits per heavy atom. The Morgan fingerprint density at radius 1 is 0.773 bits per heavy atom. The van der Waals surface area contributed by atoms with Crippen LogP contribution in [0.2, 0.25) is 0 Å². The summed E-state index contributed by atoms with van der Waals surface area (Å²) >= 11 is 0. The molecule has 0 saturated carbocycles. The molecule has 0 aliphatic rings. The van der Waals surface area contributed by atoms with Gasteiger partial charge in [-0.2, -0.15) is 5.48 Å². The number of hydroxylamine groups is 1. The van der Waals surface area contributed by atoms with Crippen molar-refractivity contribution in [2.45, 2.75) is 90.9 Å². The zero-order valence-electron chi connectivity index (χ0n) is 14.8. The van der Waals surface area contributed by atoms with Crippen LogP contribution in [-0.2, 0) is 14.4 Å². The molecule has 22 heavy (non-hydrogen) atoms. The van der Waals surface area contributed by atoms with Crippen molar-refractivity contribution < 1.29 is 14.4 Å². The molecule has 0 aromatic heterocycles. The second-order valence-corrected chi connectivity index (χ2v) is 5.91. The van der Waals surface area contributed by atoms with Gasteiger partial charge in [-0.25, -0.2) is 0 Å². The summed E-state index contributed by atoms with van der Waals surface area (Å²) in [5, 5.41) is 0. The van der Waals surface area contributed by atoms with Crippen LogP contribution in [-0.4, -0.2) is 25.7 Å². The van der Waals surface area contributed by atoms with Gasteiger partial charge in [0, 0.05) is 13.0 Å². The predicted octanol–water partition coefficient (Wildman–Crippen LogP) is 4.77. The van der Waals surface area contributed by atoms with Gasteiger partial charge in [-0.3, -0.25) is 4.79 Å². The fraction of sp³-hybridized carbons (Fsp3) is 0.944. The Hall–Kier alpha value is -0.610. The lowest BCUT2D eigenvalue weighted by Gasteiger charge is -2.06. The lowest BCUT2D eigenvalue weighted by molar-refractivity contribution is -0.151. The second-order valence-electron chi connectivity index (χ2n) is 5.91.